The number of pyridine rings is 1. The van der Waals surface area contributed by atoms with E-state index >= 15 is 0 Å². The van der Waals surface area contributed by atoms with Gasteiger partial charge in [0.15, 0.2) is 0 Å². The highest BCUT2D eigenvalue weighted by Crippen LogP contribution is 2.18. The van der Waals surface area contributed by atoms with Crippen molar-refractivity contribution in [1.82, 2.24) is 20.5 Å². The number of amides is 1. The molecule has 1 aromatic heterocycles. The summed E-state index contributed by atoms with van der Waals surface area (Å²) in [5.41, 5.74) is 1.10. The van der Waals surface area contributed by atoms with Crippen molar-refractivity contribution in [2.45, 2.75) is 32.0 Å². The molecule has 2 aliphatic rings. The summed E-state index contributed by atoms with van der Waals surface area (Å²) in [6.45, 7) is 7.08. The minimum Gasteiger partial charge on any atom is -0.366 e. The standard InChI is InChI=1S/C17H26N4O2/c1-13-11-21(12-14-4-2-3-6-19-14)8-5-15(13)20-17(22)16-10-18-7-9-23-16/h2-4,6,13,15-16,18H,5,7-12H2,1H3,(H,20,22)/t13-,15+,16+/m1/s1. The zero-order valence-corrected chi connectivity index (χ0v) is 13.7. The first kappa shape index (κ1) is 16.4. The lowest BCUT2D eigenvalue weighted by Crippen LogP contribution is -2.55. The highest BCUT2D eigenvalue weighted by Gasteiger charge is 2.30. The molecular formula is C17H26N4O2. The molecule has 2 N–H and O–H groups in total. The molecule has 0 radical (unpaired) electrons. The topological polar surface area (TPSA) is 66.5 Å². The molecule has 0 unspecified atom stereocenters. The van der Waals surface area contributed by atoms with Crippen LogP contribution in [0.15, 0.2) is 24.4 Å². The number of nitrogens with zero attached hydrogens (tertiary/aromatic N) is 2. The summed E-state index contributed by atoms with van der Waals surface area (Å²) in [5, 5.41) is 6.37. The number of piperidine rings is 1. The Hall–Kier alpha value is -1.50. The van der Waals surface area contributed by atoms with Crippen molar-refractivity contribution in [3.8, 4) is 0 Å². The van der Waals surface area contributed by atoms with Crippen LogP contribution in [0.4, 0.5) is 0 Å². The molecule has 0 aliphatic carbocycles. The van der Waals surface area contributed by atoms with Crippen molar-refractivity contribution in [3.63, 3.8) is 0 Å². The average Bonchev–Trinajstić information content (AvgIpc) is 2.59. The third-order valence-corrected chi connectivity index (χ3v) is 4.65. The van der Waals surface area contributed by atoms with E-state index in [0.29, 0.717) is 19.1 Å². The van der Waals surface area contributed by atoms with E-state index in [1.807, 2.05) is 18.3 Å². The van der Waals surface area contributed by atoms with E-state index in [9.17, 15) is 4.79 Å². The first-order chi connectivity index (χ1) is 11.2. The molecule has 2 saturated heterocycles. The van der Waals surface area contributed by atoms with Gasteiger partial charge in [-0.2, -0.15) is 0 Å². The number of hydrogen-bond donors (Lipinski definition) is 2. The SMILES string of the molecule is C[C@@H]1CN(Cc2ccccn2)CC[C@@H]1NC(=O)[C@@H]1CNCCO1. The predicted octanol–water partition coefficient (Wildman–Crippen LogP) is 0.397. The van der Waals surface area contributed by atoms with Crippen molar-refractivity contribution in [3.05, 3.63) is 30.1 Å². The molecule has 1 aromatic rings. The fourth-order valence-corrected chi connectivity index (χ4v) is 3.32. The van der Waals surface area contributed by atoms with Gasteiger partial charge in [-0.25, -0.2) is 0 Å². The summed E-state index contributed by atoms with van der Waals surface area (Å²) in [4.78, 5) is 19.1. The Kier molecular flexibility index (Phi) is 5.59. The van der Waals surface area contributed by atoms with Gasteiger partial charge in [-0.15, -0.1) is 0 Å². The molecule has 2 fully saturated rings. The molecule has 6 nitrogen and oxygen atoms in total. The van der Waals surface area contributed by atoms with Crippen LogP contribution in [0, 0.1) is 5.92 Å². The highest BCUT2D eigenvalue weighted by molar-refractivity contribution is 5.81. The molecule has 3 rings (SSSR count). The quantitative estimate of drug-likeness (QED) is 0.841. The number of aromatic nitrogens is 1. The van der Waals surface area contributed by atoms with Crippen molar-refractivity contribution < 1.29 is 9.53 Å². The van der Waals surface area contributed by atoms with Crippen molar-refractivity contribution in [2.75, 3.05) is 32.8 Å². The summed E-state index contributed by atoms with van der Waals surface area (Å²) >= 11 is 0. The Labute approximate surface area is 137 Å². The normalized spacial score (nSPS) is 29.2. The average molecular weight is 318 g/mol. The molecule has 23 heavy (non-hydrogen) atoms. The van der Waals surface area contributed by atoms with Crippen LogP contribution in [0.25, 0.3) is 0 Å². The van der Waals surface area contributed by atoms with Crippen LogP contribution >= 0.6 is 0 Å². The molecule has 2 aliphatic heterocycles. The summed E-state index contributed by atoms with van der Waals surface area (Å²) < 4.78 is 5.52. The van der Waals surface area contributed by atoms with Crippen LogP contribution in [0.5, 0.6) is 0 Å². The van der Waals surface area contributed by atoms with Gasteiger partial charge in [-0.05, 0) is 24.5 Å². The lowest BCUT2D eigenvalue weighted by Gasteiger charge is -2.37. The van der Waals surface area contributed by atoms with Crippen molar-refractivity contribution in [1.29, 1.82) is 0 Å². The zero-order chi connectivity index (χ0) is 16.1. The first-order valence-electron chi connectivity index (χ1n) is 8.47. The maximum Gasteiger partial charge on any atom is 0.250 e. The summed E-state index contributed by atoms with van der Waals surface area (Å²) in [5.74, 6) is 0.445. The monoisotopic (exact) mass is 318 g/mol. The van der Waals surface area contributed by atoms with Gasteiger partial charge in [-0.1, -0.05) is 13.0 Å². The van der Waals surface area contributed by atoms with Gasteiger partial charge in [0.1, 0.15) is 6.10 Å². The molecule has 0 aromatic carbocycles. The van der Waals surface area contributed by atoms with Gasteiger partial charge >= 0.3 is 0 Å². The van der Waals surface area contributed by atoms with Gasteiger partial charge in [0.2, 0.25) is 0 Å². The molecular weight excluding hydrogens is 292 g/mol. The lowest BCUT2D eigenvalue weighted by molar-refractivity contribution is -0.135. The Bertz CT molecular complexity index is 505. The smallest absolute Gasteiger partial charge is 0.250 e. The van der Waals surface area contributed by atoms with Gasteiger partial charge in [0, 0.05) is 45.0 Å². The number of rotatable bonds is 4. The first-order valence-corrected chi connectivity index (χ1v) is 8.47. The molecule has 0 saturated carbocycles. The molecule has 6 heteroatoms. The van der Waals surface area contributed by atoms with Crippen LogP contribution in [0.3, 0.4) is 0 Å². The molecule has 126 valence electrons. The lowest BCUT2D eigenvalue weighted by atomic mass is 9.93. The van der Waals surface area contributed by atoms with E-state index in [1.165, 1.54) is 0 Å². The molecule has 0 bridgehead atoms. The van der Waals surface area contributed by atoms with E-state index in [1.54, 1.807) is 0 Å². The Morgan fingerprint density at radius 1 is 1.52 bits per heavy atom. The van der Waals surface area contributed by atoms with E-state index in [0.717, 1.165) is 38.3 Å². The highest BCUT2D eigenvalue weighted by atomic mass is 16.5. The Morgan fingerprint density at radius 3 is 3.13 bits per heavy atom. The zero-order valence-electron chi connectivity index (χ0n) is 13.7. The number of ether oxygens (including phenoxy) is 1. The third kappa shape index (κ3) is 4.50. The van der Waals surface area contributed by atoms with E-state index in [4.69, 9.17) is 4.74 Å². The van der Waals surface area contributed by atoms with Crippen LogP contribution in [0.1, 0.15) is 19.0 Å². The number of likely N-dealkylation sites (tertiary alicyclic amines) is 1. The summed E-state index contributed by atoms with van der Waals surface area (Å²) in [6, 6.07) is 6.26. The number of morpholine rings is 1. The van der Waals surface area contributed by atoms with Gasteiger partial charge in [-0.3, -0.25) is 14.7 Å². The molecule has 3 heterocycles. The van der Waals surface area contributed by atoms with E-state index < -0.39 is 0 Å². The van der Waals surface area contributed by atoms with Gasteiger partial charge in [0.25, 0.3) is 5.91 Å². The second kappa shape index (κ2) is 7.86. The number of nitrogens with one attached hydrogen (secondary N) is 2. The Balaban J connectivity index is 1.47. The van der Waals surface area contributed by atoms with Gasteiger partial charge < -0.3 is 15.4 Å². The van der Waals surface area contributed by atoms with Crippen molar-refractivity contribution >= 4 is 5.91 Å². The second-order valence-electron chi connectivity index (χ2n) is 6.50. The molecule has 1 amide bonds. The number of hydrogen-bond acceptors (Lipinski definition) is 5. The predicted molar refractivity (Wildman–Crippen MR) is 87.8 cm³/mol. The second-order valence-corrected chi connectivity index (χ2v) is 6.50. The van der Waals surface area contributed by atoms with Crippen LogP contribution in [-0.4, -0.2) is 60.7 Å². The molecule has 3 atom stereocenters. The number of carbonyl (C=O) groups excluding carboxylic acids is 1. The van der Waals surface area contributed by atoms with Crippen LogP contribution < -0.4 is 10.6 Å². The fraction of sp³-hybridized carbons (Fsp3) is 0.647. The van der Waals surface area contributed by atoms with Crippen LogP contribution in [0.2, 0.25) is 0 Å². The minimum atomic E-state index is -0.345. The van der Waals surface area contributed by atoms with Gasteiger partial charge in [0.05, 0.1) is 12.3 Å². The molecule has 0 spiro atoms. The number of carbonyl (C=O) groups is 1. The maximum absolute atomic E-state index is 12.3. The maximum atomic E-state index is 12.3. The van der Waals surface area contributed by atoms with E-state index in [-0.39, 0.29) is 18.1 Å². The minimum absolute atomic E-state index is 0.0206. The summed E-state index contributed by atoms with van der Waals surface area (Å²) in [6.07, 6.45) is 2.46. The third-order valence-electron chi connectivity index (χ3n) is 4.65. The largest absolute Gasteiger partial charge is 0.366 e. The Morgan fingerprint density at radius 2 is 2.43 bits per heavy atom. The van der Waals surface area contributed by atoms with Crippen LogP contribution in [-0.2, 0) is 16.1 Å². The van der Waals surface area contributed by atoms with E-state index in [2.05, 4.69) is 33.5 Å². The summed E-state index contributed by atoms with van der Waals surface area (Å²) in [7, 11) is 0. The van der Waals surface area contributed by atoms with Crippen molar-refractivity contribution in [2.24, 2.45) is 5.92 Å². The fourth-order valence-electron chi connectivity index (χ4n) is 3.32.